The number of pyridine rings is 1. The van der Waals surface area contributed by atoms with Crippen molar-refractivity contribution in [3.63, 3.8) is 0 Å². The van der Waals surface area contributed by atoms with Gasteiger partial charge in [-0.25, -0.2) is 4.79 Å². The molecular weight excluding hydrogens is 432 g/mol. The van der Waals surface area contributed by atoms with Crippen molar-refractivity contribution < 1.29 is 13.9 Å². The molecule has 0 saturated carbocycles. The van der Waals surface area contributed by atoms with Crippen molar-refractivity contribution in [2.45, 2.75) is 27.2 Å². The fourth-order valence-corrected chi connectivity index (χ4v) is 3.64. The number of rotatable bonds is 3. The number of hydrogen-bond acceptors (Lipinski definition) is 8. The minimum atomic E-state index is -0.431. The van der Waals surface area contributed by atoms with Crippen LogP contribution in [0.3, 0.4) is 0 Å². The number of carbonyl (C=O) groups excluding carboxylic acids is 1. The van der Waals surface area contributed by atoms with Gasteiger partial charge in [-0.1, -0.05) is 38.1 Å². The Morgan fingerprint density at radius 2 is 1.87 bits per heavy atom. The van der Waals surface area contributed by atoms with Crippen molar-refractivity contribution in [2.24, 2.45) is 5.92 Å². The summed E-state index contributed by atoms with van der Waals surface area (Å²) in [5.74, 6) is 0.337. The Hall–Kier alpha value is -2.45. The maximum atomic E-state index is 12.1. The molecule has 2 aromatic heterocycles. The molecule has 0 spiro atoms. The SMILES string of the molecule is CC.COC(=O)C1CCN(c2ccc3c(-c4ccccc4C)cc(=O)oc3n2)C1.SS. The highest BCUT2D eigenvalue weighted by Crippen LogP contribution is 2.31. The number of nitrogens with zero attached hydrogens (tertiary/aromatic N) is 2. The lowest BCUT2D eigenvalue weighted by molar-refractivity contribution is -0.144. The van der Waals surface area contributed by atoms with Crippen LogP contribution in [0.4, 0.5) is 5.82 Å². The van der Waals surface area contributed by atoms with Crippen molar-refractivity contribution in [3.8, 4) is 11.1 Å². The van der Waals surface area contributed by atoms with Gasteiger partial charge in [0.05, 0.1) is 13.0 Å². The number of carbonyl (C=O) groups is 1. The molecule has 0 N–H and O–H groups in total. The van der Waals surface area contributed by atoms with Gasteiger partial charge in [0.25, 0.3) is 0 Å². The first-order valence-electron chi connectivity index (χ1n) is 10.1. The van der Waals surface area contributed by atoms with Crippen molar-refractivity contribution >= 4 is 46.2 Å². The minimum absolute atomic E-state index is 0.155. The summed E-state index contributed by atoms with van der Waals surface area (Å²) in [6, 6.07) is 13.2. The predicted octanol–water partition coefficient (Wildman–Crippen LogP) is 4.95. The van der Waals surface area contributed by atoms with Gasteiger partial charge in [0.2, 0.25) is 5.71 Å². The molecule has 0 bridgehead atoms. The Bertz CT molecular complexity index is 1080. The molecule has 1 unspecified atom stereocenters. The lowest BCUT2D eigenvalue weighted by Crippen LogP contribution is -2.24. The summed E-state index contributed by atoms with van der Waals surface area (Å²) in [5, 5.41) is 0.788. The van der Waals surface area contributed by atoms with Gasteiger partial charge in [-0.15, -0.1) is 23.3 Å². The smallest absolute Gasteiger partial charge is 0.338 e. The standard InChI is InChI=1S/C21H20N2O4.C2H6.H2S2/c1-13-5-3-4-6-15(13)17-11-19(24)27-20-16(17)7-8-18(22-20)23-10-9-14(12-23)21(25)26-2;2*1-2/h3-8,11,14H,9-10,12H2,1-2H3;1-2H3;1-2H. The topological polar surface area (TPSA) is 72.6 Å². The lowest BCUT2D eigenvalue weighted by atomic mass is 9.99. The van der Waals surface area contributed by atoms with Crippen LogP contribution >= 0.6 is 23.3 Å². The van der Waals surface area contributed by atoms with Crippen LogP contribution in [0, 0.1) is 12.8 Å². The van der Waals surface area contributed by atoms with Crippen molar-refractivity contribution in [2.75, 3.05) is 25.1 Å². The number of hydrogen-bond donors (Lipinski definition) is 2. The van der Waals surface area contributed by atoms with Crippen LogP contribution in [0.2, 0.25) is 0 Å². The maximum Gasteiger partial charge on any atom is 0.338 e. The molecule has 8 heteroatoms. The van der Waals surface area contributed by atoms with Gasteiger partial charge in [-0.05, 0) is 36.6 Å². The number of esters is 1. The fraction of sp³-hybridized carbons (Fsp3) is 0.348. The summed E-state index contributed by atoms with van der Waals surface area (Å²) in [7, 11) is 1.40. The minimum Gasteiger partial charge on any atom is -0.469 e. The molecule has 1 atom stereocenters. The number of fused-ring (bicyclic) bond motifs is 1. The third-order valence-corrected chi connectivity index (χ3v) is 5.08. The summed E-state index contributed by atoms with van der Waals surface area (Å²) < 4.78 is 10.2. The summed E-state index contributed by atoms with van der Waals surface area (Å²) in [4.78, 5) is 30.4. The molecule has 3 aromatic rings. The summed E-state index contributed by atoms with van der Waals surface area (Å²) in [6.07, 6.45) is 0.722. The number of ether oxygens (including phenoxy) is 1. The van der Waals surface area contributed by atoms with Crippen molar-refractivity contribution in [1.82, 2.24) is 4.98 Å². The van der Waals surface area contributed by atoms with E-state index in [1.807, 2.05) is 62.1 Å². The predicted molar refractivity (Wildman–Crippen MR) is 132 cm³/mol. The molecule has 1 aliphatic rings. The summed E-state index contributed by atoms with van der Waals surface area (Å²) >= 11 is 6.44. The van der Waals surface area contributed by atoms with E-state index in [4.69, 9.17) is 9.15 Å². The quantitative estimate of drug-likeness (QED) is 0.327. The van der Waals surface area contributed by atoms with E-state index in [0.717, 1.165) is 28.5 Å². The molecule has 31 heavy (non-hydrogen) atoms. The Kier molecular flexibility index (Phi) is 9.45. The van der Waals surface area contributed by atoms with Gasteiger partial charge in [0.15, 0.2) is 0 Å². The van der Waals surface area contributed by atoms with Crippen LogP contribution in [0.1, 0.15) is 25.8 Å². The second kappa shape index (κ2) is 11.8. The van der Waals surface area contributed by atoms with Crippen LogP contribution < -0.4 is 10.5 Å². The van der Waals surface area contributed by atoms with Crippen LogP contribution in [0.15, 0.2) is 51.7 Å². The summed E-state index contributed by atoms with van der Waals surface area (Å²) in [6.45, 7) is 7.27. The molecule has 1 saturated heterocycles. The first-order chi connectivity index (χ1) is 15.1. The molecule has 1 aromatic carbocycles. The zero-order chi connectivity index (χ0) is 23.0. The number of benzene rings is 1. The third-order valence-electron chi connectivity index (χ3n) is 5.08. The number of methoxy groups -OCH3 is 1. The first kappa shape index (κ1) is 24.8. The highest BCUT2D eigenvalue weighted by molar-refractivity contribution is 8.59. The highest BCUT2D eigenvalue weighted by atomic mass is 33.1. The number of anilines is 1. The Balaban J connectivity index is 0.000000807. The molecule has 0 amide bonds. The van der Waals surface area contributed by atoms with E-state index in [0.29, 0.717) is 24.6 Å². The molecule has 6 nitrogen and oxygen atoms in total. The van der Waals surface area contributed by atoms with E-state index in [2.05, 4.69) is 28.3 Å². The fourth-order valence-electron chi connectivity index (χ4n) is 3.64. The summed E-state index contributed by atoms with van der Waals surface area (Å²) in [5.41, 5.74) is 2.75. The Morgan fingerprint density at radius 1 is 1.16 bits per heavy atom. The van der Waals surface area contributed by atoms with Crippen LogP contribution in [0.25, 0.3) is 22.2 Å². The average molecular weight is 461 g/mol. The molecule has 1 aliphatic heterocycles. The highest BCUT2D eigenvalue weighted by Gasteiger charge is 2.30. The van der Waals surface area contributed by atoms with E-state index in [1.54, 1.807) is 0 Å². The van der Waals surface area contributed by atoms with Gasteiger partial charge in [0.1, 0.15) is 5.82 Å². The monoisotopic (exact) mass is 460 g/mol. The average Bonchev–Trinajstić information content (AvgIpc) is 3.31. The van der Waals surface area contributed by atoms with E-state index in [-0.39, 0.29) is 11.9 Å². The van der Waals surface area contributed by atoms with Crippen LogP contribution in [-0.2, 0) is 9.53 Å². The third kappa shape index (κ3) is 5.62. The Labute approximate surface area is 192 Å². The van der Waals surface area contributed by atoms with E-state index < -0.39 is 5.63 Å². The van der Waals surface area contributed by atoms with Crippen LogP contribution in [-0.4, -0.2) is 31.2 Å². The Morgan fingerprint density at radius 3 is 2.55 bits per heavy atom. The maximum absolute atomic E-state index is 12.1. The van der Waals surface area contributed by atoms with Crippen molar-refractivity contribution in [1.29, 1.82) is 0 Å². The first-order valence-corrected chi connectivity index (χ1v) is 11.7. The lowest BCUT2D eigenvalue weighted by Gasteiger charge is -2.17. The van der Waals surface area contributed by atoms with E-state index in [9.17, 15) is 9.59 Å². The van der Waals surface area contributed by atoms with Crippen molar-refractivity contribution in [3.05, 3.63) is 58.4 Å². The molecule has 166 valence electrons. The van der Waals surface area contributed by atoms with Crippen LogP contribution in [0.5, 0.6) is 0 Å². The molecule has 0 aliphatic carbocycles. The molecule has 3 heterocycles. The van der Waals surface area contributed by atoms with Gasteiger partial charge < -0.3 is 14.1 Å². The number of aryl methyl sites for hydroxylation is 1. The van der Waals surface area contributed by atoms with Gasteiger partial charge in [0, 0.05) is 30.1 Å². The molecule has 1 fully saturated rings. The van der Waals surface area contributed by atoms with E-state index >= 15 is 0 Å². The zero-order valence-electron chi connectivity index (χ0n) is 18.2. The molecular formula is C23H28N2O4S2. The number of thiol groups is 2. The van der Waals surface area contributed by atoms with Gasteiger partial charge >= 0.3 is 11.6 Å². The second-order valence-corrected chi connectivity index (χ2v) is 6.77. The largest absolute Gasteiger partial charge is 0.469 e. The zero-order valence-corrected chi connectivity index (χ0v) is 20.0. The van der Waals surface area contributed by atoms with Gasteiger partial charge in [-0.3, -0.25) is 4.79 Å². The van der Waals surface area contributed by atoms with E-state index in [1.165, 1.54) is 13.2 Å². The molecule has 4 rings (SSSR count). The molecule has 0 radical (unpaired) electrons. The van der Waals surface area contributed by atoms with Gasteiger partial charge in [-0.2, -0.15) is 4.98 Å². The number of aromatic nitrogens is 1. The second-order valence-electron chi connectivity index (χ2n) is 6.77. The normalized spacial score (nSPS) is 14.9.